The van der Waals surface area contributed by atoms with Crippen molar-refractivity contribution in [3.63, 3.8) is 0 Å². The molecule has 0 unspecified atom stereocenters. The van der Waals surface area contributed by atoms with Crippen LogP contribution in [0.1, 0.15) is 32.3 Å². The molecule has 1 aromatic rings. The molecule has 0 spiro atoms. The van der Waals surface area contributed by atoms with Crippen molar-refractivity contribution in [2.24, 2.45) is 11.8 Å². The highest BCUT2D eigenvalue weighted by Gasteiger charge is 2.30. The lowest BCUT2D eigenvalue weighted by molar-refractivity contribution is -0.127. The van der Waals surface area contributed by atoms with Crippen LogP contribution in [0, 0.1) is 11.8 Å². The third-order valence-electron chi connectivity index (χ3n) is 4.30. The fraction of sp³-hybridized carbons (Fsp3) is 0.588. The molecule has 0 atom stereocenters. The molecule has 1 aromatic carbocycles. The third-order valence-corrected chi connectivity index (χ3v) is 4.30. The summed E-state index contributed by atoms with van der Waals surface area (Å²) in [4.78, 5) is 13.3. The molecule has 0 saturated heterocycles. The molecular weight excluding hydrogens is 248 g/mol. The quantitative estimate of drug-likeness (QED) is 0.894. The smallest absolute Gasteiger partial charge is 0.226 e. The average Bonchev–Trinajstić information content (AvgIpc) is 2.34. The Bertz CT molecular complexity index is 445. The molecule has 1 amide bonds. The van der Waals surface area contributed by atoms with E-state index in [1.165, 1.54) is 18.5 Å². The molecule has 0 bridgehead atoms. The van der Waals surface area contributed by atoms with Crippen molar-refractivity contribution < 1.29 is 4.79 Å². The number of nitrogens with one attached hydrogen (secondary N) is 1. The van der Waals surface area contributed by atoms with Crippen LogP contribution >= 0.6 is 0 Å². The van der Waals surface area contributed by atoms with Crippen LogP contribution in [0.4, 0.5) is 5.69 Å². The van der Waals surface area contributed by atoms with E-state index in [0.29, 0.717) is 12.5 Å². The Balaban J connectivity index is 1.82. The molecule has 110 valence electrons. The van der Waals surface area contributed by atoms with Gasteiger partial charge in [0.05, 0.1) is 6.42 Å². The maximum atomic E-state index is 11.6. The van der Waals surface area contributed by atoms with Crippen molar-refractivity contribution in [1.29, 1.82) is 0 Å². The minimum atomic E-state index is 0.143. The van der Waals surface area contributed by atoms with Gasteiger partial charge in [-0.25, -0.2) is 0 Å². The molecule has 0 aromatic heterocycles. The van der Waals surface area contributed by atoms with E-state index in [9.17, 15) is 4.79 Å². The zero-order valence-corrected chi connectivity index (χ0v) is 13.0. The van der Waals surface area contributed by atoms with E-state index in [4.69, 9.17) is 0 Å². The number of carbonyl (C=O) groups excluding carboxylic acids is 1. The molecule has 3 nitrogen and oxygen atoms in total. The first-order valence-corrected chi connectivity index (χ1v) is 7.51. The second kappa shape index (κ2) is 6.29. The maximum Gasteiger partial charge on any atom is 0.226 e. The largest absolute Gasteiger partial charge is 0.382 e. The van der Waals surface area contributed by atoms with E-state index in [1.54, 1.807) is 19.0 Å². The Morgan fingerprint density at radius 1 is 1.25 bits per heavy atom. The lowest BCUT2D eigenvalue weighted by Crippen LogP contribution is -2.37. The second-order valence-electron chi connectivity index (χ2n) is 6.48. The molecule has 0 heterocycles. The number of hydrogen-bond acceptors (Lipinski definition) is 2. The highest BCUT2D eigenvalue weighted by molar-refractivity contribution is 5.78. The lowest BCUT2D eigenvalue weighted by atomic mass is 9.73. The van der Waals surface area contributed by atoms with Crippen molar-refractivity contribution in [1.82, 2.24) is 4.90 Å². The van der Waals surface area contributed by atoms with Gasteiger partial charge in [-0.2, -0.15) is 0 Å². The van der Waals surface area contributed by atoms with Crippen molar-refractivity contribution in [3.8, 4) is 0 Å². The van der Waals surface area contributed by atoms with E-state index in [0.717, 1.165) is 17.4 Å². The SMILES string of the molecule is CC(C)C1CC(Nc2ccc(CC(=O)N(C)C)cc2)C1. The van der Waals surface area contributed by atoms with Gasteiger partial charge in [0.1, 0.15) is 0 Å². The zero-order chi connectivity index (χ0) is 14.7. The minimum absolute atomic E-state index is 0.143. The molecule has 0 aliphatic heterocycles. The van der Waals surface area contributed by atoms with Gasteiger partial charge in [0.25, 0.3) is 0 Å². The number of rotatable bonds is 5. The molecule has 1 fully saturated rings. The van der Waals surface area contributed by atoms with Gasteiger partial charge >= 0.3 is 0 Å². The number of carbonyl (C=O) groups is 1. The fourth-order valence-corrected chi connectivity index (χ4v) is 2.61. The molecule has 1 aliphatic carbocycles. The number of hydrogen-bond donors (Lipinski definition) is 1. The summed E-state index contributed by atoms with van der Waals surface area (Å²) in [6.07, 6.45) is 3.03. The summed E-state index contributed by atoms with van der Waals surface area (Å²) in [5.74, 6) is 1.82. The zero-order valence-electron chi connectivity index (χ0n) is 13.0. The summed E-state index contributed by atoms with van der Waals surface area (Å²) in [5.41, 5.74) is 2.24. The Morgan fingerprint density at radius 3 is 2.35 bits per heavy atom. The van der Waals surface area contributed by atoms with Crippen molar-refractivity contribution >= 4 is 11.6 Å². The first-order valence-electron chi connectivity index (χ1n) is 7.51. The Kier molecular flexibility index (Phi) is 4.69. The predicted octanol–water partition coefficient (Wildman–Crippen LogP) is 3.16. The normalized spacial score (nSPS) is 21.4. The summed E-state index contributed by atoms with van der Waals surface area (Å²) in [6.45, 7) is 4.61. The summed E-state index contributed by atoms with van der Waals surface area (Å²) < 4.78 is 0. The van der Waals surface area contributed by atoms with Gasteiger partial charge in [-0.1, -0.05) is 26.0 Å². The number of amides is 1. The van der Waals surface area contributed by atoms with Gasteiger partial charge in [0.2, 0.25) is 5.91 Å². The van der Waals surface area contributed by atoms with E-state index >= 15 is 0 Å². The van der Waals surface area contributed by atoms with Crippen LogP contribution in [0.5, 0.6) is 0 Å². The van der Waals surface area contributed by atoms with Crippen LogP contribution < -0.4 is 5.32 Å². The molecule has 0 radical (unpaired) electrons. The van der Waals surface area contributed by atoms with Gasteiger partial charge in [-0.15, -0.1) is 0 Å². The Morgan fingerprint density at radius 2 is 1.85 bits per heavy atom. The van der Waals surface area contributed by atoms with Crippen LogP contribution in [-0.4, -0.2) is 30.9 Å². The predicted molar refractivity (Wildman–Crippen MR) is 83.8 cm³/mol. The maximum absolute atomic E-state index is 11.6. The van der Waals surface area contributed by atoms with Crippen LogP contribution in [0.15, 0.2) is 24.3 Å². The van der Waals surface area contributed by atoms with Gasteiger partial charge in [-0.05, 0) is 42.4 Å². The first-order chi connectivity index (χ1) is 9.45. The Labute approximate surface area is 122 Å². The van der Waals surface area contributed by atoms with E-state index in [-0.39, 0.29) is 5.91 Å². The van der Waals surface area contributed by atoms with Crippen molar-refractivity contribution in [2.75, 3.05) is 19.4 Å². The summed E-state index contributed by atoms with van der Waals surface area (Å²) in [6, 6.07) is 8.88. The Hall–Kier alpha value is -1.51. The van der Waals surface area contributed by atoms with E-state index in [2.05, 4.69) is 31.3 Å². The average molecular weight is 274 g/mol. The van der Waals surface area contributed by atoms with Crippen LogP contribution in [-0.2, 0) is 11.2 Å². The number of likely N-dealkylation sites (N-methyl/N-ethyl adjacent to an activating group) is 1. The minimum Gasteiger partial charge on any atom is -0.382 e. The lowest BCUT2D eigenvalue weighted by Gasteiger charge is -2.39. The van der Waals surface area contributed by atoms with Gasteiger partial charge < -0.3 is 10.2 Å². The van der Waals surface area contributed by atoms with Crippen molar-refractivity contribution in [3.05, 3.63) is 29.8 Å². The van der Waals surface area contributed by atoms with Gasteiger partial charge in [0, 0.05) is 25.8 Å². The van der Waals surface area contributed by atoms with Crippen LogP contribution in [0.25, 0.3) is 0 Å². The van der Waals surface area contributed by atoms with Gasteiger partial charge in [0.15, 0.2) is 0 Å². The highest BCUT2D eigenvalue weighted by Crippen LogP contribution is 2.35. The standard InChI is InChI=1S/C17H26N2O/c1-12(2)14-10-16(11-14)18-15-7-5-13(6-8-15)9-17(20)19(3)4/h5-8,12,14,16,18H,9-11H2,1-4H3. The summed E-state index contributed by atoms with van der Waals surface area (Å²) in [7, 11) is 3.58. The number of benzene rings is 1. The monoisotopic (exact) mass is 274 g/mol. The highest BCUT2D eigenvalue weighted by atomic mass is 16.2. The molecule has 2 rings (SSSR count). The summed E-state index contributed by atoms with van der Waals surface area (Å²) >= 11 is 0. The van der Waals surface area contributed by atoms with Gasteiger partial charge in [-0.3, -0.25) is 4.79 Å². The van der Waals surface area contributed by atoms with Crippen LogP contribution in [0.3, 0.4) is 0 Å². The molecule has 3 heteroatoms. The fourth-order valence-electron chi connectivity index (χ4n) is 2.61. The van der Waals surface area contributed by atoms with E-state index < -0.39 is 0 Å². The number of nitrogens with zero attached hydrogens (tertiary/aromatic N) is 1. The first kappa shape index (κ1) is 14.9. The summed E-state index contributed by atoms with van der Waals surface area (Å²) in [5, 5.41) is 3.57. The van der Waals surface area contributed by atoms with Crippen LogP contribution in [0.2, 0.25) is 0 Å². The number of anilines is 1. The molecule has 1 N–H and O–H groups in total. The molecule has 1 aliphatic rings. The second-order valence-corrected chi connectivity index (χ2v) is 6.48. The third kappa shape index (κ3) is 3.75. The molecule has 1 saturated carbocycles. The van der Waals surface area contributed by atoms with Crippen molar-refractivity contribution in [2.45, 2.75) is 39.2 Å². The molecule has 20 heavy (non-hydrogen) atoms. The topological polar surface area (TPSA) is 32.3 Å². The molecular formula is C17H26N2O. The van der Waals surface area contributed by atoms with E-state index in [1.807, 2.05) is 12.1 Å².